The lowest BCUT2D eigenvalue weighted by Gasteiger charge is -2.04. The molecule has 6 rings (SSSR count). The highest BCUT2D eigenvalue weighted by atomic mass is 32.2. The second-order valence-electron chi connectivity index (χ2n) is 7.15. The highest BCUT2D eigenvalue weighted by Crippen LogP contribution is 2.35. The van der Waals surface area contributed by atoms with E-state index in [0.717, 1.165) is 51.2 Å². The molecule has 5 aromatic rings. The van der Waals surface area contributed by atoms with Crippen LogP contribution in [-0.2, 0) is 18.6 Å². The summed E-state index contributed by atoms with van der Waals surface area (Å²) in [7, 11) is 0. The van der Waals surface area contributed by atoms with Crippen LogP contribution in [-0.4, -0.2) is 29.7 Å². The Morgan fingerprint density at radius 2 is 2.07 bits per heavy atom. The van der Waals surface area contributed by atoms with Crippen molar-refractivity contribution in [3.8, 4) is 5.69 Å². The smallest absolute Gasteiger partial charge is 0.259 e. The predicted molar refractivity (Wildman–Crippen MR) is 118 cm³/mol. The number of thiophene rings is 1. The summed E-state index contributed by atoms with van der Waals surface area (Å²) >= 11 is 3.19. The van der Waals surface area contributed by atoms with Crippen molar-refractivity contribution in [2.45, 2.75) is 30.0 Å². The van der Waals surface area contributed by atoms with Gasteiger partial charge in [-0.2, -0.15) is 5.10 Å². The van der Waals surface area contributed by atoms with Gasteiger partial charge >= 0.3 is 0 Å². The van der Waals surface area contributed by atoms with Crippen molar-refractivity contribution in [1.82, 2.24) is 29.7 Å². The van der Waals surface area contributed by atoms with Crippen molar-refractivity contribution in [2.24, 2.45) is 0 Å². The fourth-order valence-corrected chi connectivity index (χ4v) is 6.06. The van der Waals surface area contributed by atoms with Crippen LogP contribution in [0, 0.1) is 0 Å². The summed E-state index contributed by atoms with van der Waals surface area (Å²) in [6, 6.07) is 9.89. The molecule has 0 radical (unpaired) electrons. The Morgan fingerprint density at radius 1 is 1.17 bits per heavy atom. The Kier molecular flexibility index (Phi) is 4.17. The second-order valence-corrected chi connectivity index (χ2v) is 9.19. The number of fused-ring (bicyclic) bond motifs is 4. The third-order valence-corrected chi connectivity index (χ3v) is 7.50. The molecule has 4 heterocycles. The van der Waals surface area contributed by atoms with E-state index in [1.54, 1.807) is 28.5 Å². The second kappa shape index (κ2) is 7.03. The quantitative estimate of drug-likeness (QED) is 0.342. The van der Waals surface area contributed by atoms with Crippen LogP contribution in [0.1, 0.15) is 22.7 Å². The molecule has 0 spiro atoms. The zero-order chi connectivity index (χ0) is 20.1. The number of aryl methyl sites for hydroxylation is 2. The minimum Gasteiger partial charge on any atom is -0.309 e. The Morgan fingerprint density at radius 3 is 2.97 bits per heavy atom. The van der Waals surface area contributed by atoms with Gasteiger partial charge < -0.3 is 4.98 Å². The van der Waals surface area contributed by atoms with Crippen LogP contribution >= 0.6 is 23.1 Å². The predicted octanol–water partition coefficient (Wildman–Crippen LogP) is 3.89. The van der Waals surface area contributed by atoms with Gasteiger partial charge in [0.15, 0.2) is 5.65 Å². The van der Waals surface area contributed by atoms with E-state index < -0.39 is 0 Å². The molecule has 4 aromatic heterocycles. The van der Waals surface area contributed by atoms with Crippen LogP contribution in [0.15, 0.2) is 52.7 Å². The molecular formula is C21H16N6OS2. The average molecular weight is 433 g/mol. The summed E-state index contributed by atoms with van der Waals surface area (Å²) in [6.07, 6.45) is 6.51. The van der Waals surface area contributed by atoms with Gasteiger partial charge in [-0.25, -0.2) is 19.6 Å². The molecule has 0 amide bonds. The van der Waals surface area contributed by atoms with Crippen LogP contribution in [0.2, 0.25) is 0 Å². The maximum absolute atomic E-state index is 12.7. The van der Waals surface area contributed by atoms with E-state index in [0.29, 0.717) is 11.6 Å². The normalized spacial score (nSPS) is 13.3. The van der Waals surface area contributed by atoms with Crippen molar-refractivity contribution in [2.75, 3.05) is 0 Å². The third-order valence-electron chi connectivity index (χ3n) is 5.30. The summed E-state index contributed by atoms with van der Waals surface area (Å²) in [5.41, 5.74) is 2.88. The van der Waals surface area contributed by atoms with Gasteiger partial charge in [0.25, 0.3) is 5.56 Å². The summed E-state index contributed by atoms with van der Waals surface area (Å²) in [5, 5.41) is 6.98. The van der Waals surface area contributed by atoms with Gasteiger partial charge in [-0.1, -0.05) is 30.0 Å². The Labute approximate surface area is 179 Å². The molecule has 0 unspecified atom stereocenters. The zero-order valence-electron chi connectivity index (χ0n) is 15.8. The van der Waals surface area contributed by atoms with Crippen molar-refractivity contribution >= 4 is 44.3 Å². The molecule has 148 valence electrons. The molecule has 1 N–H and O–H groups in total. The molecular weight excluding hydrogens is 416 g/mol. The zero-order valence-corrected chi connectivity index (χ0v) is 17.5. The third kappa shape index (κ3) is 2.85. The highest BCUT2D eigenvalue weighted by Gasteiger charge is 2.21. The first-order chi connectivity index (χ1) is 14.8. The summed E-state index contributed by atoms with van der Waals surface area (Å²) in [6.45, 7) is 0. The van der Waals surface area contributed by atoms with Crippen LogP contribution in [0.5, 0.6) is 0 Å². The van der Waals surface area contributed by atoms with Gasteiger partial charge in [0.05, 0.1) is 28.4 Å². The van der Waals surface area contributed by atoms with E-state index in [2.05, 4.69) is 20.1 Å². The number of benzene rings is 1. The fraction of sp³-hybridized carbons (Fsp3) is 0.190. The molecule has 1 aromatic carbocycles. The van der Waals surface area contributed by atoms with E-state index in [-0.39, 0.29) is 5.56 Å². The number of nitrogens with one attached hydrogen (secondary N) is 1. The molecule has 0 bridgehead atoms. The van der Waals surface area contributed by atoms with E-state index >= 15 is 0 Å². The van der Waals surface area contributed by atoms with Crippen LogP contribution < -0.4 is 5.56 Å². The fourth-order valence-electron chi connectivity index (χ4n) is 3.95. The van der Waals surface area contributed by atoms with Gasteiger partial charge in [0.1, 0.15) is 22.0 Å². The summed E-state index contributed by atoms with van der Waals surface area (Å²) in [4.78, 5) is 31.4. The number of hydrogen-bond donors (Lipinski definition) is 1. The van der Waals surface area contributed by atoms with Gasteiger partial charge in [-0.05, 0) is 37.0 Å². The lowest BCUT2D eigenvalue weighted by Crippen LogP contribution is -2.11. The van der Waals surface area contributed by atoms with Gasteiger partial charge in [0, 0.05) is 4.88 Å². The monoisotopic (exact) mass is 432 g/mol. The summed E-state index contributed by atoms with van der Waals surface area (Å²) in [5.74, 6) is 1.19. The van der Waals surface area contributed by atoms with E-state index in [1.165, 1.54) is 22.2 Å². The molecule has 30 heavy (non-hydrogen) atoms. The van der Waals surface area contributed by atoms with Crippen LogP contribution in [0.4, 0.5) is 0 Å². The average Bonchev–Trinajstić information content (AvgIpc) is 3.47. The minimum atomic E-state index is -0.0280. The largest absolute Gasteiger partial charge is 0.309 e. The minimum absolute atomic E-state index is 0.0280. The molecule has 0 saturated heterocycles. The molecule has 0 fully saturated rings. The van der Waals surface area contributed by atoms with Crippen molar-refractivity contribution in [3.05, 3.63) is 69.5 Å². The Balaban J connectivity index is 1.33. The van der Waals surface area contributed by atoms with Gasteiger partial charge in [-0.3, -0.25) is 4.79 Å². The molecule has 0 atom stereocenters. The molecule has 1 aliphatic rings. The number of aromatic nitrogens is 6. The maximum Gasteiger partial charge on any atom is 0.259 e. The number of thioether (sulfide) groups is 1. The van der Waals surface area contributed by atoms with Crippen molar-refractivity contribution < 1.29 is 0 Å². The molecule has 7 nitrogen and oxygen atoms in total. The molecule has 1 aliphatic carbocycles. The van der Waals surface area contributed by atoms with Crippen LogP contribution in [0.25, 0.3) is 26.9 Å². The molecule has 0 saturated carbocycles. The number of nitrogens with zero attached hydrogens (tertiary/aromatic N) is 5. The van der Waals surface area contributed by atoms with Gasteiger partial charge in [-0.15, -0.1) is 11.3 Å². The number of H-pyrrole nitrogens is 1. The lowest BCUT2D eigenvalue weighted by molar-refractivity contribution is 0.893. The van der Waals surface area contributed by atoms with E-state index in [1.807, 2.05) is 30.3 Å². The van der Waals surface area contributed by atoms with Crippen LogP contribution in [0.3, 0.4) is 0 Å². The topological polar surface area (TPSA) is 89.4 Å². The van der Waals surface area contributed by atoms with E-state index in [4.69, 9.17) is 4.98 Å². The Bertz CT molecular complexity index is 1450. The highest BCUT2D eigenvalue weighted by molar-refractivity contribution is 7.98. The molecule has 9 heteroatoms. The number of hydrogen-bond acceptors (Lipinski definition) is 7. The standard InChI is InChI=1S/C21H16N6OS2/c28-19-17-13-7-4-8-15(13)30-21(17)26-16(25-19)10-29-20-14-9-24-27(18(14)22-11-23-20)12-5-2-1-3-6-12/h1-3,5-6,9,11H,4,7-8,10H2,(H,25,26,28). The summed E-state index contributed by atoms with van der Waals surface area (Å²) < 4.78 is 1.81. The SMILES string of the molecule is O=c1[nH]c(CSc2ncnc3c2cnn3-c2ccccc2)nc2sc3c(c12)CCC3. The number of rotatable bonds is 4. The molecule has 0 aliphatic heterocycles. The van der Waals surface area contributed by atoms with Crippen molar-refractivity contribution in [1.29, 1.82) is 0 Å². The maximum atomic E-state index is 12.7. The van der Waals surface area contributed by atoms with E-state index in [9.17, 15) is 4.79 Å². The van der Waals surface area contributed by atoms with Crippen molar-refractivity contribution in [3.63, 3.8) is 0 Å². The number of para-hydroxylation sites is 1. The first-order valence-corrected chi connectivity index (χ1v) is 11.5. The van der Waals surface area contributed by atoms with Gasteiger partial charge in [0.2, 0.25) is 0 Å². The first kappa shape index (κ1) is 17.8. The Hall–Kier alpha value is -3.04. The lowest BCUT2D eigenvalue weighted by atomic mass is 10.2. The first-order valence-electron chi connectivity index (χ1n) is 9.68. The number of aromatic amines is 1.